The molecule has 0 aliphatic carbocycles. The van der Waals surface area contributed by atoms with E-state index in [1.54, 1.807) is 12.4 Å². The Balaban J connectivity index is 0.00000180. The first-order valence-electron chi connectivity index (χ1n) is 6.34. The second kappa shape index (κ2) is 9.55. The molecule has 1 aromatic rings. The van der Waals surface area contributed by atoms with Crippen molar-refractivity contribution in [1.29, 1.82) is 0 Å². The Morgan fingerprint density at radius 3 is 2.80 bits per heavy atom. The molecule has 1 amide bonds. The molecular weight excluding hydrogens is 365 g/mol. The molecule has 0 radical (unpaired) electrons. The highest BCUT2D eigenvalue weighted by Gasteiger charge is 2.26. The smallest absolute Gasteiger partial charge is 0.255 e. The number of nitrogens with two attached hydrogens (primary N) is 1. The van der Waals surface area contributed by atoms with Gasteiger partial charge in [-0.1, -0.05) is 0 Å². The van der Waals surface area contributed by atoms with Crippen molar-refractivity contribution in [1.82, 2.24) is 9.88 Å². The Labute approximate surface area is 140 Å². The van der Waals surface area contributed by atoms with Gasteiger partial charge in [-0.25, -0.2) is 0 Å². The van der Waals surface area contributed by atoms with E-state index in [4.69, 9.17) is 5.73 Å². The molecule has 1 aliphatic rings. The van der Waals surface area contributed by atoms with E-state index in [-0.39, 0.29) is 36.8 Å². The number of aromatic nitrogens is 1. The maximum absolute atomic E-state index is 12.5. The highest BCUT2D eigenvalue weighted by atomic mass is 79.9. The molecular formula is C13H20BrCl2N3O. The van der Waals surface area contributed by atoms with E-state index in [1.807, 2.05) is 11.0 Å². The average molecular weight is 385 g/mol. The van der Waals surface area contributed by atoms with Crippen molar-refractivity contribution in [2.45, 2.75) is 31.7 Å². The van der Waals surface area contributed by atoms with Crippen molar-refractivity contribution in [3.05, 3.63) is 28.5 Å². The maximum Gasteiger partial charge on any atom is 0.255 e. The zero-order chi connectivity index (χ0) is 13.0. The molecule has 1 fully saturated rings. The summed E-state index contributed by atoms with van der Waals surface area (Å²) in [6.07, 6.45) is 7.52. The van der Waals surface area contributed by atoms with Crippen LogP contribution in [0, 0.1) is 0 Å². The molecule has 1 atom stereocenters. The Morgan fingerprint density at radius 1 is 1.40 bits per heavy atom. The van der Waals surface area contributed by atoms with Crippen LogP contribution in [0.15, 0.2) is 22.9 Å². The molecule has 2 N–H and O–H groups in total. The third-order valence-electron chi connectivity index (χ3n) is 3.34. The monoisotopic (exact) mass is 383 g/mol. The molecule has 1 unspecified atom stereocenters. The lowest BCUT2D eigenvalue weighted by atomic mass is 9.98. The molecule has 0 spiro atoms. The average Bonchev–Trinajstić information content (AvgIpc) is 2.39. The molecule has 114 valence electrons. The van der Waals surface area contributed by atoms with Gasteiger partial charge in [-0.05, 0) is 54.2 Å². The van der Waals surface area contributed by atoms with Crippen LogP contribution in [-0.2, 0) is 0 Å². The van der Waals surface area contributed by atoms with E-state index in [0.29, 0.717) is 12.1 Å². The predicted molar refractivity (Wildman–Crippen MR) is 88.8 cm³/mol. The summed E-state index contributed by atoms with van der Waals surface area (Å²) < 4.78 is 0.834. The number of piperidine rings is 1. The summed E-state index contributed by atoms with van der Waals surface area (Å²) in [5, 5.41) is 0. The first-order chi connectivity index (χ1) is 8.72. The highest BCUT2D eigenvalue weighted by molar-refractivity contribution is 9.10. The van der Waals surface area contributed by atoms with Gasteiger partial charge in [-0.15, -0.1) is 24.8 Å². The third-order valence-corrected chi connectivity index (χ3v) is 3.77. The van der Waals surface area contributed by atoms with Crippen LogP contribution in [0.2, 0.25) is 0 Å². The zero-order valence-corrected chi connectivity index (χ0v) is 14.3. The molecule has 1 aromatic heterocycles. The normalized spacial score (nSPS) is 17.9. The Kier molecular flexibility index (Phi) is 9.38. The maximum atomic E-state index is 12.5. The van der Waals surface area contributed by atoms with Crippen LogP contribution in [0.25, 0.3) is 0 Å². The quantitative estimate of drug-likeness (QED) is 0.871. The summed E-state index contributed by atoms with van der Waals surface area (Å²) in [6, 6.07) is 2.11. The van der Waals surface area contributed by atoms with Gasteiger partial charge in [0, 0.05) is 29.5 Å². The fourth-order valence-corrected chi connectivity index (χ4v) is 2.82. The minimum absolute atomic E-state index is 0. The highest BCUT2D eigenvalue weighted by Crippen LogP contribution is 2.22. The molecule has 2 rings (SSSR count). The van der Waals surface area contributed by atoms with Crippen molar-refractivity contribution in [3.8, 4) is 0 Å². The van der Waals surface area contributed by atoms with Gasteiger partial charge in [-0.2, -0.15) is 0 Å². The van der Waals surface area contributed by atoms with Gasteiger partial charge in [0.2, 0.25) is 0 Å². The van der Waals surface area contributed by atoms with Crippen molar-refractivity contribution in [2.75, 3.05) is 13.1 Å². The lowest BCUT2D eigenvalue weighted by Crippen LogP contribution is -2.44. The fourth-order valence-electron chi connectivity index (χ4n) is 2.46. The summed E-state index contributed by atoms with van der Waals surface area (Å²) in [6.45, 7) is 1.46. The molecule has 0 saturated carbocycles. The number of halogens is 3. The molecule has 7 heteroatoms. The molecule has 2 heterocycles. The van der Waals surface area contributed by atoms with E-state index in [2.05, 4.69) is 20.9 Å². The number of pyridine rings is 1. The number of nitrogens with zero attached hydrogens (tertiary/aromatic N) is 2. The summed E-state index contributed by atoms with van der Waals surface area (Å²) in [5.41, 5.74) is 6.27. The molecule has 0 aromatic carbocycles. The molecule has 0 bridgehead atoms. The lowest BCUT2D eigenvalue weighted by molar-refractivity contribution is 0.0604. The number of carbonyl (C=O) groups excluding carboxylic acids is 1. The summed E-state index contributed by atoms with van der Waals surface area (Å²) in [4.78, 5) is 18.5. The van der Waals surface area contributed by atoms with Crippen LogP contribution in [-0.4, -0.2) is 34.9 Å². The van der Waals surface area contributed by atoms with Crippen molar-refractivity contribution in [3.63, 3.8) is 0 Å². The van der Waals surface area contributed by atoms with Crippen molar-refractivity contribution >= 4 is 46.7 Å². The second-order valence-electron chi connectivity index (χ2n) is 4.62. The van der Waals surface area contributed by atoms with Crippen LogP contribution in [0.1, 0.15) is 36.0 Å². The van der Waals surface area contributed by atoms with E-state index in [0.717, 1.165) is 30.3 Å². The minimum atomic E-state index is 0. The summed E-state index contributed by atoms with van der Waals surface area (Å²) >= 11 is 3.35. The lowest BCUT2D eigenvalue weighted by Gasteiger charge is -2.35. The van der Waals surface area contributed by atoms with Crippen LogP contribution in [0.5, 0.6) is 0 Å². The van der Waals surface area contributed by atoms with Crippen molar-refractivity contribution < 1.29 is 4.79 Å². The Bertz CT molecular complexity index is 432. The number of hydrogen-bond acceptors (Lipinski definition) is 3. The fraction of sp³-hybridized carbons (Fsp3) is 0.538. The molecule has 4 nitrogen and oxygen atoms in total. The van der Waals surface area contributed by atoms with Gasteiger partial charge in [0.15, 0.2) is 0 Å². The van der Waals surface area contributed by atoms with Gasteiger partial charge in [0.1, 0.15) is 0 Å². The number of hydrogen-bond donors (Lipinski definition) is 1. The van der Waals surface area contributed by atoms with Gasteiger partial charge < -0.3 is 10.6 Å². The van der Waals surface area contributed by atoms with Gasteiger partial charge in [-0.3, -0.25) is 9.78 Å². The first kappa shape index (κ1) is 19.6. The predicted octanol–water partition coefficient (Wildman–Crippen LogP) is 3.03. The van der Waals surface area contributed by atoms with Crippen LogP contribution in [0.4, 0.5) is 0 Å². The Morgan fingerprint density at radius 2 is 2.15 bits per heavy atom. The van der Waals surface area contributed by atoms with Gasteiger partial charge in [0.25, 0.3) is 5.91 Å². The van der Waals surface area contributed by atoms with Crippen LogP contribution >= 0.6 is 40.7 Å². The molecule has 1 aliphatic heterocycles. The van der Waals surface area contributed by atoms with Gasteiger partial charge in [0.05, 0.1) is 5.56 Å². The number of carbonyl (C=O) groups is 1. The minimum Gasteiger partial charge on any atom is -0.336 e. The van der Waals surface area contributed by atoms with Crippen molar-refractivity contribution in [2.24, 2.45) is 5.73 Å². The summed E-state index contributed by atoms with van der Waals surface area (Å²) in [7, 11) is 0. The standard InChI is InChI=1S/C13H18BrN3O.2ClH/c14-11-7-10(8-16-9-11)13(18)17-6-2-1-3-12(17)4-5-15;;/h7-9,12H,1-6,15H2;2*1H. The van der Waals surface area contributed by atoms with E-state index in [9.17, 15) is 4.79 Å². The Hall–Kier alpha value is -0.360. The van der Waals surface area contributed by atoms with Crippen LogP contribution in [0.3, 0.4) is 0 Å². The number of rotatable bonds is 3. The van der Waals surface area contributed by atoms with E-state index < -0.39 is 0 Å². The first-order valence-corrected chi connectivity index (χ1v) is 7.13. The van der Waals surface area contributed by atoms with E-state index >= 15 is 0 Å². The summed E-state index contributed by atoms with van der Waals surface area (Å²) in [5.74, 6) is 0.0713. The van der Waals surface area contributed by atoms with Crippen LogP contribution < -0.4 is 5.73 Å². The third kappa shape index (κ3) is 4.88. The topological polar surface area (TPSA) is 59.2 Å². The molecule has 1 saturated heterocycles. The molecule has 20 heavy (non-hydrogen) atoms. The number of amides is 1. The zero-order valence-electron chi connectivity index (χ0n) is 11.1. The second-order valence-corrected chi connectivity index (χ2v) is 5.53. The van der Waals surface area contributed by atoms with Gasteiger partial charge >= 0.3 is 0 Å². The largest absolute Gasteiger partial charge is 0.336 e. The SMILES string of the molecule is Cl.Cl.NCCC1CCCCN1C(=O)c1cncc(Br)c1. The number of likely N-dealkylation sites (tertiary alicyclic amines) is 1. The van der Waals surface area contributed by atoms with E-state index in [1.165, 1.54) is 6.42 Å².